The molecule has 2 nitrogen and oxygen atoms in total. The molecule has 0 saturated carbocycles. The van der Waals surface area contributed by atoms with E-state index in [0.29, 0.717) is 0 Å². The molecule has 1 aromatic heterocycles. The molecule has 2 heterocycles. The molecule has 1 aliphatic heterocycles. The Kier molecular flexibility index (Phi) is 6.81. The Morgan fingerprint density at radius 1 is 0.411 bits per heavy atom. The van der Waals surface area contributed by atoms with E-state index in [2.05, 4.69) is 205 Å². The van der Waals surface area contributed by atoms with Crippen LogP contribution in [0.2, 0.25) is 0 Å². The van der Waals surface area contributed by atoms with Gasteiger partial charge < -0.3 is 9.32 Å². The van der Waals surface area contributed by atoms with Crippen molar-refractivity contribution < 1.29 is 4.42 Å². The van der Waals surface area contributed by atoms with Gasteiger partial charge in [-0.3, -0.25) is 0 Å². The predicted octanol–water partition coefficient (Wildman–Crippen LogP) is 14.7. The molecule has 262 valence electrons. The molecule has 1 aliphatic carbocycles. The van der Waals surface area contributed by atoms with Gasteiger partial charge in [0.2, 0.25) is 0 Å². The summed E-state index contributed by atoms with van der Waals surface area (Å²) in [4.78, 5) is 4.86. The summed E-state index contributed by atoms with van der Waals surface area (Å²) in [6.45, 7) is 0. The lowest BCUT2D eigenvalue weighted by molar-refractivity contribution is 0.664. The summed E-state index contributed by atoms with van der Waals surface area (Å²) >= 11 is 1.85. The summed E-state index contributed by atoms with van der Waals surface area (Å²) in [7, 11) is 0. The molecule has 0 fully saturated rings. The van der Waals surface area contributed by atoms with Crippen molar-refractivity contribution in [1.82, 2.24) is 0 Å². The van der Waals surface area contributed by atoms with Gasteiger partial charge in [0, 0.05) is 31.9 Å². The Bertz CT molecular complexity index is 3130. The van der Waals surface area contributed by atoms with Crippen molar-refractivity contribution in [2.75, 3.05) is 4.90 Å². The van der Waals surface area contributed by atoms with Crippen molar-refractivity contribution in [2.45, 2.75) is 15.2 Å². The molecule has 0 amide bonds. The Hall–Kier alpha value is -6.81. The van der Waals surface area contributed by atoms with E-state index in [9.17, 15) is 0 Å². The molecule has 0 radical (unpaired) electrons. The molecule has 1 spiro atoms. The highest BCUT2D eigenvalue weighted by atomic mass is 32.2. The monoisotopic (exact) mass is 731 g/mol. The van der Waals surface area contributed by atoms with Crippen LogP contribution in [0.5, 0.6) is 0 Å². The number of benzene rings is 9. The minimum absolute atomic E-state index is 0.447. The first-order chi connectivity index (χ1) is 27.8. The predicted molar refractivity (Wildman–Crippen MR) is 233 cm³/mol. The van der Waals surface area contributed by atoms with Gasteiger partial charge >= 0.3 is 0 Å². The third kappa shape index (κ3) is 4.46. The van der Waals surface area contributed by atoms with Crippen LogP contribution in [0.25, 0.3) is 55.0 Å². The van der Waals surface area contributed by atoms with Crippen LogP contribution in [-0.2, 0) is 5.41 Å². The Morgan fingerprint density at radius 2 is 1.05 bits per heavy atom. The van der Waals surface area contributed by atoms with Crippen molar-refractivity contribution in [3.8, 4) is 22.3 Å². The quantitative estimate of drug-likeness (QED) is 0.179. The van der Waals surface area contributed by atoms with Crippen molar-refractivity contribution in [2.24, 2.45) is 0 Å². The zero-order chi connectivity index (χ0) is 36.8. The third-order valence-electron chi connectivity index (χ3n) is 11.9. The van der Waals surface area contributed by atoms with E-state index >= 15 is 0 Å². The molecule has 3 heteroatoms. The van der Waals surface area contributed by atoms with Gasteiger partial charge in [0.15, 0.2) is 5.58 Å². The minimum atomic E-state index is -0.447. The number of anilines is 3. The summed E-state index contributed by atoms with van der Waals surface area (Å²) in [5.74, 6) is 0. The second kappa shape index (κ2) is 12.1. The van der Waals surface area contributed by atoms with Gasteiger partial charge in [-0.1, -0.05) is 163 Å². The summed E-state index contributed by atoms with van der Waals surface area (Å²) in [5, 5.41) is 4.63. The second-order valence-electron chi connectivity index (χ2n) is 14.8. The zero-order valence-electron chi connectivity index (χ0n) is 30.3. The van der Waals surface area contributed by atoms with Crippen LogP contribution in [0, 0.1) is 0 Å². The average Bonchev–Trinajstić information content (AvgIpc) is 3.77. The molecule has 0 unspecified atom stereocenters. The SMILES string of the molecule is c1ccc(-c2ccc(N(c3ccc4ccccc4c3)c3cccc4c3oc3cc5c(cc34)C3(c4ccccc4S5)c4ccccc4-c4ccccc43)cc2)cc1. The van der Waals surface area contributed by atoms with E-state index in [1.165, 1.54) is 65.1 Å². The maximum absolute atomic E-state index is 7.08. The number of rotatable bonds is 4. The van der Waals surface area contributed by atoms with Crippen LogP contribution < -0.4 is 4.90 Å². The Labute approximate surface area is 329 Å². The number of hydrogen-bond acceptors (Lipinski definition) is 3. The van der Waals surface area contributed by atoms with Gasteiger partial charge in [-0.15, -0.1) is 0 Å². The van der Waals surface area contributed by atoms with Crippen LogP contribution in [0.1, 0.15) is 22.3 Å². The van der Waals surface area contributed by atoms with Crippen molar-refractivity contribution >= 4 is 61.5 Å². The normalized spacial score (nSPS) is 13.4. The Balaban J connectivity index is 1.10. The lowest BCUT2D eigenvalue weighted by Crippen LogP contribution is -2.31. The zero-order valence-corrected chi connectivity index (χ0v) is 31.1. The first-order valence-corrected chi connectivity index (χ1v) is 20.0. The molecule has 0 N–H and O–H groups in total. The maximum Gasteiger partial charge on any atom is 0.159 e. The van der Waals surface area contributed by atoms with Crippen LogP contribution in [0.3, 0.4) is 0 Å². The van der Waals surface area contributed by atoms with Crippen LogP contribution in [0.4, 0.5) is 17.1 Å². The first kappa shape index (κ1) is 31.5. The molecule has 12 rings (SSSR count). The minimum Gasteiger partial charge on any atom is -0.454 e. The second-order valence-corrected chi connectivity index (χ2v) is 15.9. The van der Waals surface area contributed by atoms with Gasteiger partial charge in [0.05, 0.1) is 11.1 Å². The van der Waals surface area contributed by atoms with E-state index < -0.39 is 5.41 Å². The van der Waals surface area contributed by atoms with Crippen LogP contribution >= 0.6 is 11.8 Å². The topological polar surface area (TPSA) is 16.4 Å². The summed E-state index contributed by atoms with van der Waals surface area (Å²) < 4.78 is 7.08. The fraction of sp³-hybridized carbons (Fsp3) is 0.0189. The molecule has 0 atom stereocenters. The summed E-state index contributed by atoms with van der Waals surface area (Å²) in [5.41, 5.74) is 14.8. The number of hydrogen-bond donors (Lipinski definition) is 0. The lowest BCUT2D eigenvalue weighted by Gasteiger charge is -2.39. The van der Waals surface area contributed by atoms with Gasteiger partial charge in [-0.05, 0) is 104 Å². The molecular weight excluding hydrogens is 699 g/mol. The van der Waals surface area contributed by atoms with Gasteiger partial charge in [0.25, 0.3) is 0 Å². The molecule has 0 bridgehead atoms. The highest BCUT2D eigenvalue weighted by molar-refractivity contribution is 7.99. The number of furan rings is 1. The maximum atomic E-state index is 7.08. The Morgan fingerprint density at radius 3 is 1.84 bits per heavy atom. The molecule has 56 heavy (non-hydrogen) atoms. The van der Waals surface area contributed by atoms with E-state index in [-0.39, 0.29) is 0 Å². The van der Waals surface area contributed by atoms with Gasteiger partial charge in [-0.2, -0.15) is 0 Å². The third-order valence-corrected chi connectivity index (χ3v) is 13.0. The lowest BCUT2D eigenvalue weighted by atomic mass is 9.67. The summed E-state index contributed by atoms with van der Waals surface area (Å²) in [6.07, 6.45) is 0. The highest BCUT2D eigenvalue weighted by Gasteiger charge is 2.50. The largest absolute Gasteiger partial charge is 0.454 e. The van der Waals surface area contributed by atoms with Gasteiger partial charge in [-0.25, -0.2) is 0 Å². The van der Waals surface area contributed by atoms with Crippen molar-refractivity contribution in [3.63, 3.8) is 0 Å². The molecule has 0 saturated heterocycles. The molecule has 10 aromatic rings. The molecule has 9 aromatic carbocycles. The standard InChI is InChI=1S/C53H33NOS/c1-2-13-34(14-3-1)36-25-28-38(29-26-36)54(39-30-27-35-15-4-5-16-37(35)31-39)48-23-12-19-42-43-32-47-51(33-49(43)55-52(42)48)56-50-24-11-10-22-46(50)53(47)44-20-8-6-17-40(44)41-18-7-9-21-45(41)53/h1-33H. The van der Waals surface area contributed by atoms with Crippen LogP contribution in [-0.4, -0.2) is 0 Å². The molecular formula is C53H33NOS. The average molecular weight is 732 g/mol. The van der Waals surface area contributed by atoms with E-state index in [4.69, 9.17) is 4.42 Å². The molecule has 2 aliphatic rings. The van der Waals surface area contributed by atoms with Gasteiger partial charge in [0.1, 0.15) is 5.58 Å². The van der Waals surface area contributed by atoms with E-state index in [0.717, 1.165) is 39.0 Å². The van der Waals surface area contributed by atoms with E-state index in [1.54, 1.807) is 0 Å². The smallest absolute Gasteiger partial charge is 0.159 e. The van der Waals surface area contributed by atoms with Crippen molar-refractivity contribution in [1.29, 1.82) is 0 Å². The van der Waals surface area contributed by atoms with E-state index in [1.807, 2.05) is 11.8 Å². The number of fused-ring (bicyclic) bond motifs is 13. The summed E-state index contributed by atoms with van der Waals surface area (Å²) in [6, 6.07) is 73.1. The fourth-order valence-corrected chi connectivity index (χ4v) is 10.7. The number of nitrogens with zero attached hydrogens (tertiary/aromatic N) is 1. The van der Waals surface area contributed by atoms with Crippen LogP contribution in [0.15, 0.2) is 214 Å². The first-order valence-electron chi connectivity index (χ1n) is 19.2. The number of para-hydroxylation sites is 1. The van der Waals surface area contributed by atoms with Crippen molar-refractivity contribution in [3.05, 3.63) is 222 Å². The fourth-order valence-electron chi connectivity index (χ4n) is 9.48. The highest BCUT2D eigenvalue weighted by Crippen LogP contribution is 2.62.